The maximum absolute atomic E-state index is 11.7. The molecule has 1 saturated heterocycles. The van der Waals surface area contributed by atoms with Gasteiger partial charge in [-0.2, -0.15) is 0 Å². The van der Waals surface area contributed by atoms with E-state index >= 15 is 0 Å². The van der Waals surface area contributed by atoms with Gasteiger partial charge in [0.1, 0.15) is 5.78 Å². The second-order valence-corrected chi connectivity index (χ2v) is 5.89. The molecule has 1 unspecified atom stereocenters. The van der Waals surface area contributed by atoms with Crippen molar-refractivity contribution in [3.05, 3.63) is 23.8 Å². The van der Waals surface area contributed by atoms with Gasteiger partial charge in [0, 0.05) is 6.42 Å². The Morgan fingerprint density at radius 1 is 1.19 bits per heavy atom. The van der Waals surface area contributed by atoms with Crippen molar-refractivity contribution in [2.24, 2.45) is 5.92 Å². The Kier molecular flexibility index (Phi) is 5.23. The van der Waals surface area contributed by atoms with Crippen molar-refractivity contribution in [1.29, 1.82) is 0 Å². The van der Waals surface area contributed by atoms with E-state index in [1.807, 2.05) is 12.1 Å². The van der Waals surface area contributed by atoms with Crippen LogP contribution in [0.15, 0.2) is 18.2 Å². The standard InChI is InChI=1S/C17H25NO3/c1-12-13(2)18(10-8-15(12)19)9-7-14-5-6-16(20-3)17(11-14)21-4/h5-6,11-13H,7-10H2,1-4H3/p+1/t12-,13-/m0/s1. The number of benzene rings is 1. The Morgan fingerprint density at radius 2 is 1.90 bits per heavy atom. The minimum Gasteiger partial charge on any atom is -0.493 e. The average Bonchev–Trinajstić information content (AvgIpc) is 2.51. The molecule has 3 atom stereocenters. The summed E-state index contributed by atoms with van der Waals surface area (Å²) in [5.41, 5.74) is 1.25. The van der Waals surface area contributed by atoms with Gasteiger partial charge >= 0.3 is 0 Å². The molecule has 1 fully saturated rings. The molecular weight excluding hydrogens is 266 g/mol. The van der Waals surface area contributed by atoms with Crippen LogP contribution in [0.4, 0.5) is 0 Å². The Morgan fingerprint density at radius 3 is 2.57 bits per heavy atom. The first-order valence-electron chi connectivity index (χ1n) is 7.65. The Hall–Kier alpha value is -1.55. The van der Waals surface area contributed by atoms with Crippen LogP contribution in [0.2, 0.25) is 0 Å². The van der Waals surface area contributed by atoms with Crippen LogP contribution in [-0.2, 0) is 11.2 Å². The van der Waals surface area contributed by atoms with E-state index in [1.54, 1.807) is 14.2 Å². The van der Waals surface area contributed by atoms with Crippen molar-refractivity contribution in [1.82, 2.24) is 0 Å². The van der Waals surface area contributed by atoms with Gasteiger partial charge in [0.2, 0.25) is 0 Å². The fourth-order valence-electron chi connectivity index (χ4n) is 3.07. The molecule has 4 nitrogen and oxygen atoms in total. The second kappa shape index (κ2) is 6.94. The van der Waals surface area contributed by atoms with Crippen molar-refractivity contribution >= 4 is 5.78 Å². The predicted molar refractivity (Wildman–Crippen MR) is 82.2 cm³/mol. The molecule has 1 aliphatic rings. The van der Waals surface area contributed by atoms with E-state index in [0.29, 0.717) is 18.2 Å². The van der Waals surface area contributed by atoms with Crippen LogP contribution in [-0.4, -0.2) is 39.1 Å². The van der Waals surface area contributed by atoms with Gasteiger partial charge in [-0.25, -0.2) is 0 Å². The monoisotopic (exact) mass is 292 g/mol. The number of ketones is 1. The van der Waals surface area contributed by atoms with E-state index in [-0.39, 0.29) is 5.92 Å². The molecule has 0 radical (unpaired) electrons. The van der Waals surface area contributed by atoms with Crippen molar-refractivity contribution in [3.63, 3.8) is 0 Å². The van der Waals surface area contributed by atoms with E-state index in [4.69, 9.17) is 9.47 Å². The number of ether oxygens (including phenoxy) is 2. The van der Waals surface area contributed by atoms with Crippen molar-refractivity contribution in [3.8, 4) is 11.5 Å². The molecule has 1 aliphatic heterocycles. The number of carbonyl (C=O) groups is 1. The molecule has 0 bridgehead atoms. The normalized spacial score (nSPS) is 25.7. The number of carbonyl (C=O) groups excluding carboxylic acids is 1. The summed E-state index contributed by atoms with van der Waals surface area (Å²) in [5, 5.41) is 0. The fourth-order valence-corrected chi connectivity index (χ4v) is 3.07. The third kappa shape index (κ3) is 3.56. The van der Waals surface area contributed by atoms with Crippen LogP contribution < -0.4 is 14.4 Å². The van der Waals surface area contributed by atoms with Crippen LogP contribution in [0.3, 0.4) is 0 Å². The van der Waals surface area contributed by atoms with Gasteiger partial charge in [0.05, 0.1) is 45.7 Å². The molecule has 4 heteroatoms. The molecule has 0 aliphatic carbocycles. The van der Waals surface area contributed by atoms with Crippen molar-refractivity contribution < 1.29 is 19.2 Å². The van der Waals surface area contributed by atoms with Crippen LogP contribution in [0.1, 0.15) is 25.8 Å². The lowest BCUT2D eigenvalue weighted by Crippen LogP contribution is -3.17. The van der Waals surface area contributed by atoms with Crippen LogP contribution in [0.25, 0.3) is 0 Å². The molecule has 0 aromatic heterocycles. The smallest absolute Gasteiger partial charge is 0.160 e. The molecule has 116 valence electrons. The van der Waals surface area contributed by atoms with Gasteiger partial charge in [0.25, 0.3) is 0 Å². The highest BCUT2D eigenvalue weighted by Crippen LogP contribution is 2.27. The summed E-state index contributed by atoms with van der Waals surface area (Å²) in [6, 6.07) is 6.49. The predicted octanol–water partition coefficient (Wildman–Crippen LogP) is 1.13. The molecule has 0 saturated carbocycles. The first kappa shape index (κ1) is 15.8. The molecule has 1 N–H and O–H groups in total. The topological polar surface area (TPSA) is 40.0 Å². The van der Waals surface area contributed by atoms with E-state index in [0.717, 1.165) is 31.0 Å². The summed E-state index contributed by atoms with van der Waals surface area (Å²) in [4.78, 5) is 13.3. The van der Waals surface area contributed by atoms with Gasteiger partial charge < -0.3 is 14.4 Å². The maximum atomic E-state index is 11.7. The number of rotatable bonds is 5. The second-order valence-electron chi connectivity index (χ2n) is 5.89. The van der Waals surface area contributed by atoms with Crippen LogP contribution in [0.5, 0.6) is 11.5 Å². The third-order valence-corrected chi connectivity index (χ3v) is 4.78. The van der Waals surface area contributed by atoms with Gasteiger partial charge in [-0.1, -0.05) is 6.07 Å². The van der Waals surface area contributed by atoms with Gasteiger partial charge in [-0.15, -0.1) is 0 Å². The van der Waals surface area contributed by atoms with E-state index in [1.165, 1.54) is 10.5 Å². The average molecular weight is 292 g/mol. The molecule has 1 heterocycles. The molecular formula is C17H26NO3+. The number of nitrogens with one attached hydrogen (secondary N) is 1. The number of piperidine rings is 1. The molecule has 1 aromatic carbocycles. The van der Waals surface area contributed by atoms with Crippen LogP contribution in [0, 0.1) is 5.92 Å². The number of likely N-dealkylation sites (tertiary alicyclic amines) is 1. The number of methoxy groups -OCH3 is 2. The zero-order valence-electron chi connectivity index (χ0n) is 13.4. The van der Waals surface area contributed by atoms with Gasteiger partial charge in [-0.05, 0) is 31.5 Å². The summed E-state index contributed by atoms with van der Waals surface area (Å²) in [6.07, 6.45) is 1.70. The largest absolute Gasteiger partial charge is 0.493 e. The van der Waals surface area contributed by atoms with E-state index in [2.05, 4.69) is 19.9 Å². The summed E-state index contributed by atoms with van der Waals surface area (Å²) < 4.78 is 10.6. The van der Waals surface area contributed by atoms with Gasteiger partial charge in [-0.3, -0.25) is 4.79 Å². The number of hydrogen-bond acceptors (Lipinski definition) is 3. The molecule has 1 aromatic rings. The summed E-state index contributed by atoms with van der Waals surface area (Å²) in [5.74, 6) is 2.14. The minimum atomic E-state index is 0.180. The highest BCUT2D eigenvalue weighted by molar-refractivity contribution is 5.81. The van der Waals surface area contributed by atoms with E-state index in [9.17, 15) is 4.79 Å². The lowest BCUT2D eigenvalue weighted by molar-refractivity contribution is -0.928. The van der Waals surface area contributed by atoms with E-state index < -0.39 is 0 Å². The summed E-state index contributed by atoms with van der Waals surface area (Å²) in [6.45, 7) is 6.25. The maximum Gasteiger partial charge on any atom is 0.160 e. The Labute approximate surface area is 127 Å². The summed E-state index contributed by atoms with van der Waals surface area (Å²) >= 11 is 0. The number of Topliss-reactive ketones (excluding diaryl/α,β-unsaturated/α-hetero) is 1. The zero-order valence-corrected chi connectivity index (χ0v) is 13.4. The van der Waals surface area contributed by atoms with Crippen LogP contribution >= 0.6 is 0 Å². The quantitative estimate of drug-likeness (QED) is 0.884. The fraction of sp³-hybridized carbons (Fsp3) is 0.588. The zero-order chi connectivity index (χ0) is 15.4. The highest BCUT2D eigenvalue weighted by atomic mass is 16.5. The SMILES string of the molecule is COc1ccc(CC[NH+]2CCC(=O)[C@@H](C)[C@@H]2C)cc1OC. The first-order valence-corrected chi connectivity index (χ1v) is 7.65. The number of hydrogen-bond donors (Lipinski definition) is 1. The van der Waals surface area contributed by atoms with Gasteiger partial charge in [0.15, 0.2) is 11.5 Å². The Bertz CT molecular complexity index is 501. The van der Waals surface area contributed by atoms with Crippen molar-refractivity contribution in [2.75, 3.05) is 27.3 Å². The lowest BCUT2D eigenvalue weighted by atomic mass is 9.90. The molecule has 0 spiro atoms. The molecule has 2 rings (SSSR count). The molecule has 0 amide bonds. The summed E-state index contributed by atoms with van der Waals surface area (Å²) in [7, 11) is 3.31. The lowest BCUT2D eigenvalue weighted by Gasteiger charge is -2.33. The first-order chi connectivity index (χ1) is 10.1. The number of quaternary nitrogens is 1. The highest BCUT2D eigenvalue weighted by Gasteiger charge is 2.33. The Balaban J connectivity index is 1.98. The minimum absolute atomic E-state index is 0.180. The molecule has 21 heavy (non-hydrogen) atoms. The third-order valence-electron chi connectivity index (χ3n) is 4.78. The van der Waals surface area contributed by atoms with Crippen molar-refractivity contribution in [2.45, 2.75) is 32.7 Å².